The van der Waals surface area contributed by atoms with Crippen LogP contribution in [0.4, 0.5) is 0 Å². The van der Waals surface area contributed by atoms with Crippen LogP contribution in [-0.4, -0.2) is 58.0 Å². The maximum Gasteiger partial charge on any atom is 0.253 e. The van der Waals surface area contributed by atoms with Gasteiger partial charge in [0.25, 0.3) is 5.91 Å². The summed E-state index contributed by atoms with van der Waals surface area (Å²) < 4.78 is 0. The van der Waals surface area contributed by atoms with E-state index in [0.29, 0.717) is 12.1 Å². The number of likely N-dealkylation sites (N-methyl/N-ethyl adjacent to an activating group) is 1. The zero-order chi connectivity index (χ0) is 23.3. The average molecular weight is 434 g/mol. The van der Waals surface area contributed by atoms with E-state index in [1.54, 1.807) is 25.1 Å². The van der Waals surface area contributed by atoms with Crippen molar-refractivity contribution in [3.8, 4) is 11.8 Å². The molecule has 0 saturated carbocycles. The van der Waals surface area contributed by atoms with Crippen molar-refractivity contribution >= 4 is 16.8 Å². The van der Waals surface area contributed by atoms with Gasteiger partial charge in [-0.05, 0) is 50.7 Å². The molecule has 32 heavy (non-hydrogen) atoms. The van der Waals surface area contributed by atoms with Gasteiger partial charge in [0.15, 0.2) is 0 Å². The molecule has 0 radical (unpaired) electrons. The van der Waals surface area contributed by atoms with Gasteiger partial charge in [-0.25, -0.2) is 0 Å². The second-order valence-electron chi connectivity index (χ2n) is 8.28. The Balaban J connectivity index is 1.65. The molecule has 4 N–H and O–H groups in total. The van der Waals surface area contributed by atoms with Crippen LogP contribution in [0, 0.1) is 11.8 Å². The fourth-order valence-corrected chi connectivity index (χ4v) is 3.50. The van der Waals surface area contributed by atoms with Crippen molar-refractivity contribution in [2.45, 2.75) is 45.1 Å². The molecule has 0 fully saturated rings. The van der Waals surface area contributed by atoms with Crippen molar-refractivity contribution in [3.05, 3.63) is 71.4 Å². The predicted octanol–water partition coefficient (Wildman–Crippen LogP) is 3.07. The van der Waals surface area contributed by atoms with Crippen LogP contribution < -0.4 is 5.32 Å². The minimum atomic E-state index is -1.04. The minimum Gasteiger partial charge on any atom is -0.392 e. The number of aromatic nitrogens is 1. The van der Waals surface area contributed by atoms with Gasteiger partial charge in [0.05, 0.1) is 12.6 Å². The van der Waals surface area contributed by atoms with Crippen LogP contribution in [0.25, 0.3) is 10.9 Å². The van der Waals surface area contributed by atoms with Gasteiger partial charge in [-0.3, -0.25) is 9.69 Å². The molecule has 0 aliphatic carbocycles. The highest BCUT2D eigenvalue weighted by atomic mass is 16.3. The molecule has 0 bridgehead atoms. The monoisotopic (exact) mass is 433 g/mol. The Morgan fingerprint density at radius 2 is 1.88 bits per heavy atom. The van der Waals surface area contributed by atoms with Crippen LogP contribution in [-0.2, 0) is 0 Å². The Hall–Kier alpha value is -3.11. The van der Waals surface area contributed by atoms with E-state index < -0.39 is 12.3 Å². The Bertz CT molecular complexity index is 1130. The van der Waals surface area contributed by atoms with E-state index in [1.807, 2.05) is 62.3 Å². The number of carbonyl (C=O) groups excluding carboxylic acids is 1. The lowest BCUT2D eigenvalue weighted by molar-refractivity contribution is 0.0728. The van der Waals surface area contributed by atoms with Gasteiger partial charge in [-0.2, -0.15) is 0 Å². The number of benzene rings is 2. The van der Waals surface area contributed by atoms with Crippen LogP contribution >= 0.6 is 0 Å². The highest BCUT2D eigenvalue weighted by molar-refractivity contribution is 5.94. The molecule has 6 nitrogen and oxygen atoms in total. The van der Waals surface area contributed by atoms with Gasteiger partial charge in [0.2, 0.25) is 0 Å². The molecule has 168 valence electrons. The van der Waals surface area contributed by atoms with Crippen LogP contribution in [0.1, 0.15) is 48.2 Å². The number of rotatable bonds is 7. The molecule has 0 aliphatic heterocycles. The molecule has 2 aromatic carbocycles. The highest BCUT2D eigenvalue weighted by Gasteiger charge is 2.21. The summed E-state index contributed by atoms with van der Waals surface area (Å²) in [7, 11) is 1.91. The SMILES string of the molecule is CC(c1c[nH]c2ccccc12)[C@@H](O)NC(=O)c1cccc(C#CCN(C)[C@H](C)[C@@H](C)O)c1. The number of aliphatic hydroxyl groups is 2. The second kappa shape index (κ2) is 10.5. The van der Waals surface area contributed by atoms with E-state index in [9.17, 15) is 15.0 Å². The van der Waals surface area contributed by atoms with Crippen LogP contribution in [0.15, 0.2) is 54.7 Å². The summed E-state index contributed by atoms with van der Waals surface area (Å²) in [4.78, 5) is 17.9. The van der Waals surface area contributed by atoms with E-state index in [1.165, 1.54) is 0 Å². The third-order valence-electron chi connectivity index (χ3n) is 5.94. The number of para-hydroxylation sites is 1. The fraction of sp³-hybridized carbons (Fsp3) is 0.346. The van der Waals surface area contributed by atoms with Crippen molar-refractivity contribution in [1.82, 2.24) is 15.2 Å². The summed E-state index contributed by atoms with van der Waals surface area (Å²) in [6, 6.07) is 14.9. The second-order valence-corrected chi connectivity index (χ2v) is 8.28. The molecule has 1 unspecified atom stereocenters. The third kappa shape index (κ3) is 5.57. The molecule has 6 heteroatoms. The molecule has 1 aromatic heterocycles. The van der Waals surface area contributed by atoms with Crippen LogP contribution in [0.2, 0.25) is 0 Å². The van der Waals surface area contributed by atoms with Gasteiger partial charge in [-0.15, -0.1) is 0 Å². The summed E-state index contributed by atoms with van der Waals surface area (Å²) in [6.07, 6.45) is 0.398. The zero-order valence-electron chi connectivity index (χ0n) is 19.0. The fourth-order valence-electron chi connectivity index (χ4n) is 3.50. The van der Waals surface area contributed by atoms with E-state index in [0.717, 1.165) is 22.0 Å². The standard InChI is InChI=1S/C26H31N3O3/c1-17(23-16-27-24-13-6-5-12-22(23)24)25(31)28-26(32)21-11-7-9-20(15-21)10-8-14-29(4)18(2)19(3)30/h5-7,9,11-13,15-19,25,27,30-31H,14H2,1-4H3,(H,28,32)/t17?,18-,19-,25-/m1/s1. The van der Waals surface area contributed by atoms with Crippen molar-refractivity contribution in [2.75, 3.05) is 13.6 Å². The number of hydrogen-bond donors (Lipinski definition) is 4. The number of hydrogen-bond acceptors (Lipinski definition) is 4. The highest BCUT2D eigenvalue weighted by Crippen LogP contribution is 2.27. The Morgan fingerprint density at radius 1 is 1.12 bits per heavy atom. The maximum atomic E-state index is 12.7. The van der Waals surface area contributed by atoms with Gasteiger partial charge in [-0.1, -0.05) is 43.0 Å². The summed E-state index contributed by atoms with van der Waals surface area (Å²) in [6.45, 7) is 6.08. The quantitative estimate of drug-likeness (QED) is 0.341. The first-order chi connectivity index (χ1) is 15.3. The zero-order valence-corrected chi connectivity index (χ0v) is 19.0. The molecule has 0 spiro atoms. The minimum absolute atomic E-state index is 0.00189. The number of amides is 1. The molecule has 1 heterocycles. The number of carbonyl (C=O) groups is 1. The van der Waals surface area contributed by atoms with Crippen LogP contribution in [0.5, 0.6) is 0 Å². The number of H-pyrrole nitrogens is 1. The molecule has 0 aliphatic rings. The Kier molecular flexibility index (Phi) is 7.70. The Labute approximate surface area is 189 Å². The van der Waals surface area contributed by atoms with Crippen molar-refractivity contribution in [3.63, 3.8) is 0 Å². The maximum absolute atomic E-state index is 12.7. The average Bonchev–Trinajstić information content (AvgIpc) is 3.22. The largest absolute Gasteiger partial charge is 0.392 e. The predicted molar refractivity (Wildman–Crippen MR) is 127 cm³/mol. The molecule has 0 saturated heterocycles. The Morgan fingerprint density at radius 3 is 2.62 bits per heavy atom. The van der Waals surface area contributed by atoms with Gasteiger partial charge >= 0.3 is 0 Å². The van der Waals surface area contributed by atoms with Gasteiger partial charge < -0.3 is 20.5 Å². The van der Waals surface area contributed by atoms with Gasteiger partial charge in [0, 0.05) is 40.2 Å². The lowest BCUT2D eigenvalue weighted by atomic mass is 9.98. The van der Waals surface area contributed by atoms with Crippen molar-refractivity contribution < 1.29 is 15.0 Å². The summed E-state index contributed by atoms with van der Waals surface area (Å²) >= 11 is 0. The topological polar surface area (TPSA) is 88.6 Å². The number of nitrogens with one attached hydrogen (secondary N) is 2. The van der Waals surface area contributed by atoms with Crippen molar-refractivity contribution in [1.29, 1.82) is 0 Å². The lowest BCUT2D eigenvalue weighted by Gasteiger charge is -2.24. The first kappa shape index (κ1) is 23.6. The molecule has 3 aromatic rings. The number of nitrogens with zero attached hydrogens (tertiary/aromatic N) is 1. The first-order valence-electron chi connectivity index (χ1n) is 10.8. The summed E-state index contributed by atoms with van der Waals surface area (Å²) in [5.41, 5.74) is 3.10. The molecule has 4 atom stereocenters. The van der Waals surface area contributed by atoms with E-state index in [-0.39, 0.29) is 17.9 Å². The van der Waals surface area contributed by atoms with Crippen molar-refractivity contribution in [2.24, 2.45) is 0 Å². The molecular weight excluding hydrogens is 402 g/mol. The molecule has 1 amide bonds. The molecular formula is C26H31N3O3. The number of aromatic amines is 1. The molecule has 3 rings (SSSR count). The number of fused-ring (bicyclic) bond motifs is 1. The van der Waals surface area contributed by atoms with E-state index in [4.69, 9.17) is 0 Å². The summed E-state index contributed by atoms with van der Waals surface area (Å²) in [5.74, 6) is 5.50. The smallest absolute Gasteiger partial charge is 0.253 e. The lowest BCUT2D eigenvalue weighted by Crippen LogP contribution is -2.38. The van der Waals surface area contributed by atoms with Gasteiger partial charge in [0.1, 0.15) is 6.23 Å². The summed E-state index contributed by atoms with van der Waals surface area (Å²) in [5, 5.41) is 24.0. The number of aliphatic hydroxyl groups excluding tert-OH is 2. The first-order valence-corrected chi connectivity index (χ1v) is 10.8. The van der Waals surface area contributed by atoms with Crippen LogP contribution in [0.3, 0.4) is 0 Å². The normalized spacial score (nSPS) is 15.0. The van der Waals surface area contributed by atoms with E-state index >= 15 is 0 Å². The third-order valence-corrected chi connectivity index (χ3v) is 5.94. The van der Waals surface area contributed by atoms with E-state index in [2.05, 4.69) is 22.1 Å².